The lowest BCUT2D eigenvalue weighted by atomic mass is 9.98. The van der Waals surface area contributed by atoms with E-state index in [0.717, 1.165) is 22.9 Å². The Kier molecular flexibility index (Phi) is 4.17. The zero-order chi connectivity index (χ0) is 13.9. The molecule has 1 aromatic heterocycles. The SMILES string of the molecule is OC(Cc1nc(-c2cccc(Br)c2)no1)C1CCCC1. The number of rotatable bonds is 4. The van der Waals surface area contributed by atoms with E-state index in [4.69, 9.17) is 4.52 Å². The number of hydrogen-bond acceptors (Lipinski definition) is 4. The van der Waals surface area contributed by atoms with Gasteiger partial charge >= 0.3 is 0 Å². The molecule has 1 unspecified atom stereocenters. The molecule has 0 bridgehead atoms. The molecular weight excluding hydrogens is 320 g/mol. The van der Waals surface area contributed by atoms with Crippen molar-refractivity contribution in [2.75, 3.05) is 0 Å². The van der Waals surface area contributed by atoms with Crippen molar-refractivity contribution in [1.29, 1.82) is 0 Å². The normalized spacial score (nSPS) is 17.5. The lowest BCUT2D eigenvalue weighted by molar-refractivity contribution is 0.102. The van der Waals surface area contributed by atoms with Crippen molar-refractivity contribution >= 4 is 15.9 Å². The van der Waals surface area contributed by atoms with Gasteiger partial charge in [0.05, 0.1) is 12.5 Å². The molecule has 1 saturated carbocycles. The molecule has 1 N–H and O–H groups in total. The van der Waals surface area contributed by atoms with Gasteiger partial charge in [0.15, 0.2) is 0 Å². The molecule has 2 aromatic rings. The third-order valence-corrected chi connectivity index (χ3v) is 4.37. The highest BCUT2D eigenvalue weighted by Gasteiger charge is 2.25. The number of nitrogens with zero attached hydrogens (tertiary/aromatic N) is 2. The Morgan fingerprint density at radius 2 is 2.15 bits per heavy atom. The lowest BCUT2D eigenvalue weighted by Gasteiger charge is -2.14. The van der Waals surface area contributed by atoms with Gasteiger partial charge in [0.2, 0.25) is 11.7 Å². The first kappa shape index (κ1) is 13.8. The van der Waals surface area contributed by atoms with E-state index in [2.05, 4.69) is 26.1 Å². The van der Waals surface area contributed by atoms with E-state index in [1.165, 1.54) is 12.8 Å². The molecule has 0 saturated heterocycles. The molecule has 20 heavy (non-hydrogen) atoms. The summed E-state index contributed by atoms with van der Waals surface area (Å²) < 4.78 is 6.23. The maximum absolute atomic E-state index is 10.2. The van der Waals surface area contributed by atoms with Crippen molar-refractivity contribution in [3.63, 3.8) is 0 Å². The van der Waals surface area contributed by atoms with Crippen LogP contribution in [-0.4, -0.2) is 21.4 Å². The molecule has 0 aliphatic heterocycles. The second kappa shape index (κ2) is 6.06. The predicted molar refractivity (Wildman–Crippen MR) is 79.1 cm³/mol. The zero-order valence-corrected chi connectivity index (χ0v) is 12.7. The minimum Gasteiger partial charge on any atom is -0.392 e. The minimum absolute atomic E-state index is 0.367. The Morgan fingerprint density at radius 3 is 2.90 bits per heavy atom. The molecule has 1 aliphatic carbocycles. The minimum atomic E-state index is -0.367. The third-order valence-electron chi connectivity index (χ3n) is 3.88. The van der Waals surface area contributed by atoms with E-state index in [-0.39, 0.29) is 6.10 Å². The summed E-state index contributed by atoms with van der Waals surface area (Å²) >= 11 is 3.43. The maximum Gasteiger partial charge on any atom is 0.229 e. The predicted octanol–water partition coefficient (Wildman–Crippen LogP) is 3.59. The standard InChI is InChI=1S/C15H17BrN2O2/c16-12-7-3-6-11(8-12)15-17-14(20-18-15)9-13(19)10-4-1-2-5-10/h3,6-8,10,13,19H,1-2,4-5,9H2. The maximum atomic E-state index is 10.2. The van der Waals surface area contributed by atoms with Crippen molar-refractivity contribution in [2.24, 2.45) is 5.92 Å². The fourth-order valence-electron chi connectivity index (χ4n) is 2.77. The number of aromatic nitrogens is 2. The van der Waals surface area contributed by atoms with Gasteiger partial charge in [-0.3, -0.25) is 0 Å². The number of hydrogen-bond donors (Lipinski definition) is 1. The van der Waals surface area contributed by atoms with Gasteiger partial charge in [-0.1, -0.05) is 46.1 Å². The summed E-state index contributed by atoms with van der Waals surface area (Å²) in [5.74, 6) is 1.47. The first-order valence-electron chi connectivity index (χ1n) is 6.99. The highest BCUT2D eigenvalue weighted by molar-refractivity contribution is 9.10. The highest BCUT2D eigenvalue weighted by Crippen LogP contribution is 2.29. The average molecular weight is 337 g/mol. The van der Waals surface area contributed by atoms with Gasteiger partial charge in [0.25, 0.3) is 0 Å². The lowest BCUT2D eigenvalue weighted by Crippen LogP contribution is -2.20. The van der Waals surface area contributed by atoms with Crippen LogP contribution in [-0.2, 0) is 6.42 Å². The Labute approximate surface area is 126 Å². The van der Waals surface area contributed by atoms with Crippen LogP contribution in [0.2, 0.25) is 0 Å². The second-order valence-electron chi connectivity index (χ2n) is 5.34. The van der Waals surface area contributed by atoms with Crippen LogP contribution in [0, 0.1) is 5.92 Å². The summed E-state index contributed by atoms with van der Waals surface area (Å²) in [4.78, 5) is 4.37. The zero-order valence-electron chi connectivity index (χ0n) is 11.1. The number of halogens is 1. The van der Waals surface area contributed by atoms with Gasteiger partial charge in [0, 0.05) is 10.0 Å². The number of benzene rings is 1. The van der Waals surface area contributed by atoms with Crippen LogP contribution in [0.3, 0.4) is 0 Å². The molecule has 3 rings (SSSR count). The van der Waals surface area contributed by atoms with Gasteiger partial charge in [-0.2, -0.15) is 4.98 Å². The Hall–Kier alpha value is -1.20. The van der Waals surface area contributed by atoms with Crippen molar-refractivity contribution in [3.05, 3.63) is 34.6 Å². The van der Waals surface area contributed by atoms with Crippen molar-refractivity contribution < 1.29 is 9.63 Å². The van der Waals surface area contributed by atoms with Crippen molar-refractivity contribution in [1.82, 2.24) is 10.1 Å². The molecule has 0 radical (unpaired) electrons. The summed E-state index contributed by atoms with van der Waals surface area (Å²) in [6.45, 7) is 0. The van der Waals surface area contributed by atoms with Crippen LogP contribution in [0.5, 0.6) is 0 Å². The molecular formula is C15H17BrN2O2. The van der Waals surface area contributed by atoms with E-state index in [1.54, 1.807) is 0 Å². The molecule has 0 amide bonds. The summed E-state index contributed by atoms with van der Waals surface area (Å²) in [6, 6.07) is 7.77. The van der Waals surface area contributed by atoms with Gasteiger partial charge in [-0.05, 0) is 30.9 Å². The largest absolute Gasteiger partial charge is 0.392 e. The molecule has 1 heterocycles. The van der Waals surface area contributed by atoms with E-state index in [0.29, 0.717) is 24.1 Å². The first-order valence-corrected chi connectivity index (χ1v) is 7.78. The molecule has 106 valence electrons. The van der Waals surface area contributed by atoms with Crippen LogP contribution < -0.4 is 0 Å². The first-order chi connectivity index (χ1) is 9.72. The van der Waals surface area contributed by atoms with E-state index in [1.807, 2.05) is 24.3 Å². The molecule has 1 aromatic carbocycles. The van der Waals surface area contributed by atoms with Crippen LogP contribution in [0.4, 0.5) is 0 Å². The average Bonchev–Trinajstić information content (AvgIpc) is 3.10. The van der Waals surface area contributed by atoms with Crippen LogP contribution in [0.15, 0.2) is 33.3 Å². The molecule has 0 spiro atoms. The van der Waals surface area contributed by atoms with E-state index in [9.17, 15) is 5.11 Å². The Morgan fingerprint density at radius 1 is 1.35 bits per heavy atom. The smallest absolute Gasteiger partial charge is 0.229 e. The van der Waals surface area contributed by atoms with E-state index >= 15 is 0 Å². The molecule has 1 fully saturated rings. The van der Waals surface area contributed by atoms with Gasteiger partial charge in [0.1, 0.15) is 0 Å². The number of aliphatic hydroxyl groups is 1. The summed E-state index contributed by atoms with van der Waals surface area (Å²) in [6.07, 6.45) is 4.73. The molecule has 4 nitrogen and oxygen atoms in total. The fraction of sp³-hybridized carbons (Fsp3) is 0.467. The summed E-state index contributed by atoms with van der Waals surface area (Å²) in [7, 11) is 0. The summed E-state index contributed by atoms with van der Waals surface area (Å²) in [5, 5.41) is 14.2. The summed E-state index contributed by atoms with van der Waals surface area (Å²) in [5.41, 5.74) is 0.907. The monoisotopic (exact) mass is 336 g/mol. The third kappa shape index (κ3) is 3.10. The Balaban J connectivity index is 1.70. The van der Waals surface area contributed by atoms with Crippen LogP contribution >= 0.6 is 15.9 Å². The fourth-order valence-corrected chi connectivity index (χ4v) is 3.17. The Bertz CT molecular complexity index is 579. The van der Waals surface area contributed by atoms with Crippen molar-refractivity contribution in [3.8, 4) is 11.4 Å². The highest BCUT2D eigenvalue weighted by atomic mass is 79.9. The van der Waals surface area contributed by atoms with Gasteiger partial charge in [-0.15, -0.1) is 0 Å². The molecule has 5 heteroatoms. The topological polar surface area (TPSA) is 59.2 Å². The van der Waals surface area contributed by atoms with Crippen LogP contribution in [0.1, 0.15) is 31.6 Å². The molecule has 1 atom stereocenters. The number of aliphatic hydroxyl groups excluding tert-OH is 1. The van der Waals surface area contributed by atoms with Gasteiger partial charge in [-0.25, -0.2) is 0 Å². The van der Waals surface area contributed by atoms with Crippen molar-refractivity contribution in [2.45, 2.75) is 38.2 Å². The quantitative estimate of drug-likeness (QED) is 0.926. The molecule has 1 aliphatic rings. The van der Waals surface area contributed by atoms with Gasteiger partial charge < -0.3 is 9.63 Å². The van der Waals surface area contributed by atoms with Crippen LogP contribution in [0.25, 0.3) is 11.4 Å². The van der Waals surface area contributed by atoms with E-state index < -0.39 is 0 Å². The second-order valence-corrected chi connectivity index (χ2v) is 6.25.